The molecule has 1 atom stereocenters. The summed E-state index contributed by atoms with van der Waals surface area (Å²) >= 11 is 0. The van der Waals surface area contributed by atoms with Crippen LogP contribution in [0.4, 0.5) is 5.69 Å². The van der Waals surface area contributed by atoms with Crippen LogP contribution in [0, 0.1) is 0 Å². The summed E-state index contributed by atoms with van der Waals surface area (Å²) in [6, 6.07) is 4.92. The largest absolute Gasteiger partial charge is 0.326 e. The van der Waals surface area contributed by atoms with Crippen LogP contribution in [0.25, 0.3) is 0 Å². The van der Waals surface area contributed by atoms with Crippen LogP contribution in [0.3, 0.4) is 0 Å². The van der Waals surface area contributed by atoms with Crippen molar-refractivity contribution in [2.24, 2.45) is 5.73 Å². The van der Waals surface area contributed by atoms with Gasteiger partial charge in [0.25, 0.3) is 0 Å². The topological polar surface area (TPSA) is 83.7 Å². The normalized spacial score (nSPS) is 21.5. The molecule has 2 aliphatic rings. The van der Waals surface area contributed by atoms with Gasteiger partial charge in [0.2, 0.25) is 15.9 Å². The van der Waals surface area contributed by atoms with E-state index >= 15 is 0 Å². The predicted octanol–water partition coefficient (Wildman–Crippen LogP) is 0.739. The highest BCUT2D eigenvalue weighted by atomic mass is 35.5. The zero-order valence-electron chi connectivity index (χ0n) is 12.4. The van der Waals surface area contributed by atoms with Gasteiger partial charge in [0, 0.05) is 38.3 Å². The highest BCUT2D eigenvalue weighted by Gasteiger charge is 2.32. The summed E-state index contributed by atoms with van der Waals surface area (Å²) in [6.45, 7) is 2.98. The molecule has 6 nitrogen and oxygen atoms in total. The van der Waals surface area contributed by atoms with Crippen molar-refractivity contribution in [3.8, 4) is 0 Å². The summed E-state index contributed by atoms with van der Waals surface area (Å²) in [7, 11) is -3.48. The van der Waals surface area contributed by atoms with Crippen molar-refractivity contribution >= 4 is 34.0 Å². The summed E-state index contributed by atoms with van der Waals surface area (Å²) < 4.78 is 26.6. The van der Waals surface area contributed by atoms with Crippen molar-refractivity contribution in [2.45, 2.75) is 30.7 Å². The van der Waals surface area contributed by atoms with E-state index in [1.54, 1.807) is 23.1 Å². The molecular formula is C14H20ClN3O3S. The Morgan fingerprint density at radius 1 is 1.32 bits per heavy atom. The lowest BCUT2D eigenvalue weighted by Gasteiger charge is -2.18. The smallest absolute Gasteiger partial charge is 0.243 e. The number of fused-ring (bicyclic) bond motifs is 1. The summed E-state index contributed by atoms with van der Waals surface area (Å²) in [5.74, 6) is -0.0186. The van der Waals surface area contributed by atoms with Gasteiger partial charge >= 0.3 is 0 Å². The summed E-state index contributed by atoms with van der Waals surface area (Å²) in [6.07, 6.45) is 1.39. The number of nitrogens with two attached hydrogens (primary N) is 1. The predicted molar refractivity (Wildman–Crippen MR) is 86.8 cm³/mol. The number of hydrogen-bond acceptors (Lipinski definition) is 4. The molecule has 0 aliphatic carbocycles. The Bertz CT molecular complexity index is 693. The van der Waals surface area contributed by atoms with Gasteiger partial charge in [-0.05, 0) is 36.6 Å². The molecule has 2 N–H and O–H groups in total. The van der Waals surface area contributed by atoms with Gasteiger partial charge in [-0.1, -0.05) is 0 Å². The number of amides is 1. The molecule has 122 valence electrons. The molecule has 0 saturated carbocycles. The number of benzene rings is 1. The van der Waals surface area contributed by atoms with Crippen molar-refractivity contribution in [1.82, 2.24) is 4.31 Å². The third-order valence-electron chi connectivity index (χ3n) is 4.15. The standard InChI is InChI=1S/C14H19N3O3S.ClH/c1-10(18)17-7-4-11-8-13(2-3-14(11)17)21(19,20)16-6-5-12(15)9-16;/h2-3,8,12H,4-7,9,15H2,1H3;1H. The average molecular weight is 346 g/mol. The number of carbonyl (C=O) groups is 1. The molecule has 2 heterocycles. The van der Waals surface area contributed by atoms with E-state index in [1.807, 2.05) is 0 Å². The number of hydrogen-bond donors (Lipinski definition) is 1. The summed E-state index contributed by atoms with van der Waals surface area (Å²) in [4.78, 5) is 13.5. The van der Waals surface area contributed by atoms with Crippen LogP contribution in [0.15, 0.2) is 23.1 Å². The van der Waals surface area contributed by atoms with E-state index in [4.69, 9.17) is 5.73 Å². The number of halogens is 1. The molecule has 0 bridgehead atoms. The van der Waals surface area contributed by atoms with E-state index in [0.29, 0.717) is 37.4 Å². The van der Waals surface area contributed by atoms with Crippen molar-refractivity contribution in [3.63, 3.8) is 0 Å². The Morgan fingerprint density at radius 3 is 2.64 bits per heavy atom. The minimum absolute atomic E-state index is 0. The molecule has 22 heavy (non-hydrogen) atoms. The van der Waals surface area contributed by atoms with Crippen molar-refractivity contribution in [2.75, 3.05) is 24.5 Å². The second-order valence-electron chi connectivity index (χ2n) is 5.62. The second-order valence-corrected chi connectivity index (χ2v) is 7.56. The van der Waals surface area contributed by atoms with Gasteiger partial charge in [0.15, 0.2) is 0 Å². The van der Waals surface area contributed by atoms with Crippen LogP contribution in [-0.2, 0) is 21.2 Å². The third-order valence-corrected chi connectivity index (χ3v) is 6.01. The molecule has 3 rings (SSSR count). The Balaban J connectivity index is 0.00000176. The first-order chi connectivity index (χ1) is 9.89. The minimum atomic E-state index is -3.48. The van der Waals surface area contributed by atoms with Gasteiger partial charge in [-0.3, -0.25) is 4.79 Å². The Labute approximate surface area is 136 Å². The molecule has 1 amide bonds. The molecule has 1 aromatic rings. The molecule has 0 radical (unpaired) electrons. The first kappa shape index (κ1) is 17.2. The van der Waals surface area contributed by atoms with E-state index < -0.39 is 10.0 Å². The van der Waals surface area contributed by atoms with Gasteiger partial charge in [0.1, 0.15) is 0 Å². The fraction of sp³-hybridized carbons (Fsp3) is 0.500. The molecule has 8 heteroatoms. The van der Waals surface area contributed by atoms with Crippen molar-refractivity contribution in [3.05, 3.63) is 23.8 Å². The number of carbonyl (C=O) groups excluding carboxylic acids is 1. The number of nitrogens with zero attached hydrogens (tertiary/aromatic N) is 2. The van der Waals surface area contributed by atoms with Gasteiger partial charge in [-0.2, -0.15) is 4.31 Å². The van der Waals surface area contributed by atoms with Crippen molar-refractivity contribution in [1.29, 1.82) is 0 Å². The van der Waals surface area contributed by atoms with Crippen molar-refractivity contribution < 1.29 is 13.2 Å². The number of sulfonamides is 1. The maximum Gasteiger partial charge on any atom is 0.243 e. The van der Waals surface area contributed by atoms with Crippen LogP contribution in [0.1, 0.15) is 18.9 Å². The molecule has 1 saturated heterocycles. The SMILES string of the molecule is CC(=O)N1CCc2cc(S(=O)(=O)N3CCC(N)C3)ccc21.Cl. The molecule has 1 fully saturated rings. The van der Waals surface area contributed by atoms with Crippen LogP contribution in [0.2, 0.25) is 0 Å². The minimum Gasteiger partial charge on any atom is -0.326 e. The van der Waals surface area contributed by atoms with Gasteiger partial charge < -0.3 is 10.6 Å². The van der Waals surface area contributed by atoms with Gasteiger partial charge in [0.05, 0.1) is 4.90 Å². The zero-order valence-corrected chi connectivity index (χ0v) is 14.0. The fourth-order valence-corrected chi connectivity index (χ4v) is 4.55. The van der Waals surface area contributed by atoms with Crippen LogP contribution >= 0.6 is 12.4 Å². The number of rotatable bonds is 2. The maximum absolute atomic E-state index is 12.6. The van der Waals surface area contributed by atoms with Crippen LogP contribution < -0.4 is 10.6 Å². The molecule has 0 spiro atoms. The van der Waals surface area contributed by atoms with E-state index in [0.717, 1.165) is 11.3 Å². The summed E-state index contributed by atoms with van der Waals surface area (Å²) in [5, 5.41) is 0. The average Bonchev–Trinajstić information content (AvgIpc) is 3.03. The van der Waals surface area contributed by atoms with Crippen LogP contribution in [-0.4, -0.2) is 44.3 Å². The second kappa shape index (κ2) is 6.16. The lowest BCUT2D eigenvalue weighted by Crippen LogP contribution is -2.32. The maximum atomic E-state index is 12.6. The molecular weight excluding hydrogens is 326 g/mol. The zero-order chi connectivity index (χ0) is 15.2. The first-order valence-corrected chi connectivity index (χ1v) is 8.50. The Morgan fingerprint density at radius 2 is 2.05 bits per heavy atom. The van der Waals surface area contributed by atoms with Gasteiger partial charge in [-0.15, -0.1) is 12.4 Å². The van der Waals surface area contributed by atoms with E-state index in [9.17, 15) is 13.2 Å². The van der Waals surface area contributed by atoms with Gasteiger partial charge in [-0.25, -0.2) is 8.42 Å². The fourth-order valence-electron chi connectivity index (χ4n) is 2.99. The molecule has 1 aromatic carbocycles. The lowest BCUT2D eigenvalue weighted by atomic mass is 10.2. The van der Waals surface area contributed by atoms with E-state index in [-0.39, 0.29) is 24.4 Å². The highest BCUT2D eigenvalue weighted by Crippen LogP contribution is 2.31. The third kappa shape index (κ3) is 2.86. The molecule has 1 unspecified atom stereocenters. The first-order valence-electron chi connectivity index (χ1n) is 7.06. The monoisotopic (exact) mass is 345 g/mol. The van der Waals surface area contributed by atoms with E-state index in [1.165, 1.54) is 11.2 Å². The lowest BCUT2D eigenvalue weighted by molar-refractivity contribution is -0.116. The molecule has 0 aromatic heterocycles. The van der Waals surface area contributed by atoms with E-state index in [2.05, 4.69) is 0 Å². The Hall–Kier alpha value is -1.15. The number of anilines is 1. The highest BCUT2D eigenvalue weighted by molar-refractivity contribution is 7.89. The molecule has 2 aliphatic heterocycles. The summed E-state index contributed by atoms with van der Waals surface area (Å²) in [5.41, 5.74) is 7.52. The van der Waals surface area contributed by atoms with Crippen LogP contribution in [0.5, 0.6) is 0 Å². The quantitative estimate of drug-likeness (QED) is 0.856. The Kier molecular flexibility index (Phi) is 4.81.